The van der Waals surface area contributed by atoms with E-state index in [2.05, 4.69) is 5.10 Å². The second-order valence-electron chi connectivity index (χ2n) is 4.44. The number of carbonyl (C=O) groups is 1. The zero-order chi connectivity index (χ0) is 13.3. The average molecular weight is 263 g/mol. The molecule has 0 spiro atoms. The Morgan fingerprint density at radius 2 is 2.06 bits per heavy atom. The fraction of sp³-hybridized carbons (Fsp3) is 0.286. The summed E-state index contributed by atoms with van der Waals surface area (Å²) in [6.45, 7) is 5.90. The predicted molar refractivity (Wildman–Crippen MR) is 72.2 cm³/mol. The van der Waals surface area contributed by atoms with Gasteiger partial charge < -0.3 is 0 Å². The van der Waals surface area contributed by atoms with Crippen LogP contribution < -0.4 is 0 Å². The standard InChI is InChI=1S/C14H15ClN2O/c1-9-5-4-6-12(7-9)13(18)8-17-11(3)14(15)10(2)16-17/h4-7H,8H2,1-3H3. The first kappa shape index (κ1) is 12.8. The van der Waals surface area contributed by atoms with Crippen LogP contribution in [0, 0.1) is 20.8 Å². The van der Waals surface area contributed by atoms with E-state index in [4.69, 9.17) is 11.6 Å². The van der Waals surface area contributed by atoms with E-state index in [0.29, 0.717) is 10.6 Å². The van der Waals surface area contributed by atoms with Gasteiger partial charge in [-0.15, -0.1) is 0 Å². The van der Waals surface area contributed by atoms with Crippen LogP contribution in [0.5, 0.6) is 0 Å². The van der Waals surface area contributed by atoms with Gasteiger partial charge in [0.15, 0.2) is 5.78 Å². The van der Waals surface area contributed by atoms with Crippen LogP contribution in [0.25, 0.3) is 0 Å². The van der Waals surface area contributed by atoms with Gasteiger partial charge in [-0.1, -0.05) is 35.4 Å². The van der Waals surface area contributed by atoms with Gasteiger partial charge in [0.05, 0.1) is 16.4 Å². The molecule has 0 radical (unpaired) electrons. The number of rotatable bonds is 3. The zero-order valence-corrected chi connectivity index (χ0v) is 11.5. The first-order valence-corrected chi connectivity index (χ1v) is 6.16. The molecule has 1 aromatic carbocycles. The highest BCUT2D eigenvalue weighted by Crippen LogP contribution is 2.19. The third-order valence-corrected chi connectivity index (χ3v) is 3.47. The van der Waals surface area contributed by atoms with Crippen molar-refractivity contribution in [2.45, 2.75) is 27.3 Å². The van der Waals surface area contributed by atoms with E-state index >= 15 is 0 Å². The summed E-state index contributed by atoms with van der Waals surface area (Å²) in [5.41, 5.74) is 3.37. The maximum Gasteiger partial charge on any atom is 0.184 e. The molecule has 1 heterocycles. The number of carbonyl (C=O) groups excluding carboxylic acids is 1. The van der Waals surface area contributed by atoms with Crippen molar-refractivity contribution in [2.75, 3.05) is 0 Å². The molecule has 0 unspecified atom stereocenters. The van der Waals surface area contributed by atoms with E-state index < -0.39 is 0 Å². The van der Waals surface area contributed by atoms with E-state index in [9.17, 15) is 4.79 Å². The van der Waals surface area contributed by atoms with Crippen LogP contribution >= 0.6 is 11.6 Å². The molecule has 94 valence electrons. The maximum absolute atomic E-state index is 12.1. The lowest BCUT2D eigenvalue weighted by Gasteiger charge is -2.04. The molecule has 0 saturated heterocycles. The minimum atomic E-state index is 0.0426. The first-order chi connectivity index (χ1) is 8.49. The Morgan fingerprint density at radius 1 is 1.33 bits per heavy atom. The summed E-state index contributed by atoms with van der Waals surface area (Å²) in [4.78, 5) is 12.1. The van der Waals surface area contributed by atoms with Crippen LogP contribution in [0.15, 0.2) is 24.3 Å². The van der Waals surface area contributed by atoms with E-state index in [1.54, 1.807) is 4.68 Å². The third-order valence-electron chi connectivity index (χ3n) is 2.93. The van der Waals surface area contributed by atoms with Gasteiger partial charge in [-0.25, -0.2) is 0 Å². The molecule has 4 heteroatoms. The summed E-state index contributed by atoms with van der Waals surface area (Å²) in [5, 5.41) is 4.89. The number of Topliss-reactive ketones (excluding diaryl/α,β-unsaturated/α-hetero) is 1. The van der Waals surface area contributed by atoms with Crippen molar-refractivity contribution < 1.29 is 4.79 Å². The van der Waals surface area contributed by atoms with E-state index in [-0.39, 0.29) is 12.3 Å². The Kier molecular flexibility index (Phi) is 3.53. The summed E-state index contributed by atoms with van der Waals surface area (Å²) in [5.74, 6) is 0.0426. The molecule has 0 atom stereocenters. The van der Waals surface area contributed by atoms with Crippen LogP contribution in [0.4, 0.5) is 0 Å². The Morgan fingerprint density at radius 3 is 2.61 bits per heavy atom. The monoisotopic (exact) mass is 262 g/mol. The van der Waals surface area contributed by atoms with E-state index in [1.165, 1.54) is 0 Å². The predicted octanol–water partition coefficient (Wildman–Crippen LogP) is 3.34. The molecule has 0 fully saturated rings. The maximum atomic E-state index is 12.1. The number of halogens is 1. The summed E-state index contributed by atoms with van der Waals surface area (Å²) < 4.78 is 1.66. The smallest absolute Gasteiger partial charge is 0.184 e. The molecule has 2 rings (SSSR count). The molecule has 1 aromatic heterocycles. The fourth-order valence-corrected chi connectivity index (χ4v) is 2.01. The summed E-state index contributed by atoms with van der Waals surface area (Å²) in [6.07, 6.45) is 0. The molecule has 2 aromatic rings. The Hall–Kier alpha value is -1.61. The zero-order valence-electron chi connectivity index (χ0n) is 10.7. The second-order valence-corrected chi connectivity index (χ2v) is 4.81. The molecule has 0 saturated carbocycles. The molecule has 0 bridgehead atoms. The van der Waals surface area contributed by atoms with Gasteiger partial charge in [-0.3, -0.25) is 9.48 Å². The molecule has 18 heavy (non-hydrogen) atoms. The second kappa shape index (κ2) is 4.94. The molecule has 0 aliphatic carbocycles. The number of aromatic nitrogens is 2. The Labute approximate surface area is 111 Å². The highest BCUT2D eigenvalue weighted by atomic mass is 35.5. The fourth-order valence-electron chi connectivity index (χ4n) is 1.87. The van der Waals surface area contributed by atoms with Gasteiger partial charge >= 0.3 is 0 Å². The number of hydrogen-bond acceptors (Lipinski definition) is 2. The van der Waals surface area contributed by atoms with Crippen molar-refractivity contribution in [3.8, 4) is 0 Å². The van der Waals surface area contributed by atoms with Crippen molar-refractivity contribution in [3.63, 3.8) is 0 Å². The summed E-state index contributed by atoms with van der Waals surface area (Å²) in [6, 6.07) is 7.56. The minimum Gasteiger partial charge on any atom is -0.292 e. The Bertz CT molecular complexity index is 602. The number of hydrogen-bond donors (Lipinski definition) is 0. The van der Waals surface area contributed by atoms with Crippen LogP contribution in [-0.4, -0.2) is 15.6 Å². The summed E-state index contributed by atoms with van der Waals surface area (Å²) in [7, 11) is 0. The van der Waals surface area contributed by atoms with Crippen LogP contribution in [0.1, 0.15) is 27.3 Å². The molecule has 0 amide bonds. The largest absolute Gasteiger partial charge is 0.292 e. The van der Waals surface area contributed by atoms with Gasteiger partial charge in [0, 0.05) is 5.56 Å². The summed E-state index contributed by atoms with van der Waals surface area (Å²) >= 11 is 6.06. The molecular formula is C14H15ClN2O. The van der Waals surface area contributed by atoms with E-state index in [0.717, 1.165) is 17.0 Å². The van der Waals surface area contributed by atoms with E-state index in [1.807, 2.05) is 45.0 Å². The quantitative estimate of drug-likeness (QED) is 0.795. The molecule has 0 aliphatic rings. The van der Waals surface area contributed by atoms with Gasteiger partial charge in [0.2, 0.25) is 0 Å². The number of benzene rings is 1. The van der Waals surface area contributed by atoms with Crippen molar-refractivity contribution in [1.29, 1.82) is 0 Å². The first-order valence-electron chi connectivity index (χ1n) is 5.78. The lowest BCUT2D eigenvalue weighted by molar-refractivity contribution is 0.0966. The Balaban J connectivity index is 2.24. The highest BCUT2D eigenvalue weighted by molar-refractivity contribution is 6.31. The van der Waals surface area contributed by atoms with Crippen LogP contribution in [0.2, 0.25) is 5.02 Å². The lowest BCUT2D eigenvalue weighted by Crippen LogP contribution is -2.13. The minimum absolute atomic E-state index is 0.0426. The molecule has 0 N–H and O–H groups in total. The van der Waals surface area contributed by atoms with Crippen LogP contribution in [0.3, 0.4) is 0 Å². The third kappa shape index (κ3) is 2.46. The van der Waals surface area contributed by atoms with Crippen LogP contribution in [-0.2, 0) is 6.54 Å². The van der Waals surface area contributed by atoms with Gasteiger partial charge in [0.25, 0.3) is 0 Å². The SMILES string of the molecule is Cc1cccc(C(=O)Cn2nc(C)c(Cl)c2C)c1. The van der Waals surface area contributed by atoms with Gasteiger partial charge in [-0.05, 0) is 26.8 Å². The molecule has 3 nitrogen and oxygen atoms in total. The van der Waals surface area contributed by atoms with Crippen molar-refractivity contribution >= 4 is 17.4 Å². The topological polar surface area (TPSA) is 34.9 Å². The van der Waals surface area contributed by atoms with Gasteiger partial charge in [0.1, 0.15) is 6.54 Å². The average Bonchev–Trinajstić information content (AvgIpc) is 2.57. The lowest BCUT2D eigenvalue weighted by atomic mass is 10.1. The van der Waals surface area contributed by atoms with Crippen molar-refractivity contribution in [3.05, 3.63) is 51.8 Å². The molecular weight excluding hydrogens is 248 g/mol. The highest BCUT2D eigenvalue weighted by Gasteiger charge is 2.13. The number of ketones is 1. The van der Waals surface area contributed by atoms with Crippen molar-refractivity contribution in [2.24, 2.45) is 0 Å². The number of nitrogens with zero attached hydrogens (tertiary/aromatic N) is 2. The normalized spacial score (nSPS) is 10.7. The van der Waals surface area contributed by atoms with Crippen molar-refractivity contribution in [1.82, 2.24) is 9.78 Å². The molecule has 0 aliphatic heterocycles. The van der Waals surface area contributed by atoms with Gasteiger partial charge in [-0.2, -0.15) is 5.10 Å². The number of aryl methyl sites for hydroxylation is 2.